The topological polar surface area (TPSA) is 80.2 Å². The molecule has 2 aromatic rings. The van der Waals surface area contributed by atoms with Crippen molar-refractivity contribution in [1.29, 1.82) is 0 Å². The number of nitrogens with one attached hydrogen (secondary N) is 1. The van der Waals surface area contributed by atoms with E-state index < -0.39 is 0 Å². The van der Waals surface area contributed by atoms with E-state index in [-0.39, 0.29) is 24.4 Å². The van der Waals surface area contributed by atoms with Crippen molar-refractivity contribution in [2.24, 2.45) is 4.99 Å². The summed E-state index contributed by atoms with van der Waals surface area (Å²) in [6.45, 7) is 7.68. The molecule has 0 bridgehead atoms. The van der Waals surface area contributed by atoms with Gasteiger partial charge in [0.25, 0.3) is 0 Å². The number of Topliss-reactive ketones (excluding diaryl/α,β-unsaturated/α-hetero) is 1. The molecule has 0 aliphatic carbocycles. The fraction of sp³-hybridized carbons (Fsp3) is 0.462. The second-order valence-corrected chi connectivity index (χ2v) is 8.55. The lowest BCUT2D eigenvalue weighted by Crippen LogP contribution is -2.19. The first kappa shape index (κ1) is 23.8. The number of methoxy groups -OCH3 is 1. The summed E-state index contributed by atoms with van der Waals surface area (Å²) in [5.74, 6) is 2.61. The number of aryl methyl sites for hydroxylation is 1. The van der Waals surface area contributed by atoms with E-state index in [1.807, 2.05) is 51.1 Å². The van der Waals surface area contributed by atoms with E-state index in [0.717, 1.165) is 54.2 Å². The fourth-order valence-corrected chi connectivity index (χ4v) is 3.88. The number of aliphatic hydroxyl groups is 1. The van der Waals surface area contributed by atoms with Crippen LogP contribution in [0.1, 0.15) is 66.6 Å². The third kappa shape index (κ3) is 6.33. The molecule has 6 nitrogen and oxygen atoms in total. The van der Waals surface area contributed by atoms with Crippen molar-refractivity contribution in [3.05, 3.63) is 58.7 Å². The average molecular weight is 439 g/mol. The van der Waals surface area contributed by atoms with Gasteiger partial charge in [-0.1, -0.05) is 13.0 Å². The van der Waals surface area contributed by atoms with Crippen LogP contribution in [-0.2, 0) is 13.0 Å². The molecule has 0 spiro atoms. The number of benzene rings is 2. The highest BCUT2D eigenvalue weighted by molar-refractivity contribution is 5.97. The molecule has 2 aromatic carbocycles. The standard InChI is InChI=1S/C26H34N2O4/c1-17(2)32-25-7-5-20(14-21(25)6-8-26-27-9-10-28-26)24(30)11-18(3)22-12-19(16-29)13-23(15-22)31-4/h5,7,12-15,17-18,29H,6,8-11,16H2,1-4H3,(H,27,28). The first-order valence-corrected chi connectivity index (χ1v) is 11.3. The Morgan fingerprint density at radius 2 is 1.97 bits per heavy atom. The lowest BCUT2D eigenvalue weighted by molar-refractivity contribution is 0.0975. The normalized spacial score (nSPS) is 14.1. The van der Waals surface area contributed by atoms with Crippen LogP contribution in [0.15, 0.2) is 41.4 Å². The highest BCUT2D eigenvalue weighted by Gasteiger charge is 2.17. The highest BCUT2D eigenvalue weighted by Crippen LogP contribution is 2.29. The van der Waals surface area contributed by atoms with E-state index in [9.17, 15) is 9.90 Å². The Morgan fingerprint density at radius 3 is 2.62 bits per heavy atom. The Labute approximate surface area is 190 Å². The van der Waals surface area contributed by atoms with Crippen molar-refractivity contribution in [2.75, 3.05) is 20.2 Å². The van der Waals surface area contributed by atoms with Gasteiger partial charge in [0.2, 0.25) is 0 Å². The molecule has 0 saturated heterocycles. The van der Waals surface area contributed by atoms with Gasteiger partial charge in [0, 0.05) is 24.9 Å². The Morgan fingerprint density at radius 1 is 1.16 bits per heavy atom. The number of aliphatic imine (C=N–C) groups is 1. The van der Waals surface area contributed by atoms with Crippen LogP contribution in [-0.4, -0.2) is 43.0 Å². The number of rotatable bonds is 11. The maximum atomic E-state index is 13.1. The molecule has 3 rings (SSSR count). The summed E-state index contributed by atoms with van der Waals surface area (Å²) >= 11 is 0. The second-order valence-electron chi connectivity index (χ2n) is 8.55. The number of ketones is 1. The van der Waals surface area contributed by atoms with Crippen LogP contribution in [0, 0.1) is 0 Å². The summed E-state index contributed by atoms with van der Waals surface area (Å²) in [5.41, 5.74) is 3.47. The molecule has 32 heavy (non-hydrogen) atoms. The largest absolute Gasteiger partial charge is 0.497 e. The molecule has 1 atom stereocenters. The Hall–Kier alpha value is -2.86. The summed E-state index contributed by atoms with van der Waals surface area (Å²) in [7, 11) is 1.60. The number of hydrogen-bond acceptors (Lipinski definition) is 6. The lowest BCUT2D eigenvalue weighted by Gasteiger charge is -2.17. The monoisotopic (exact) mass is 438 g/mol. The lowest BCUT2D eigenvalue weighted by atomic mass is 9.91. The number of amidine groups is 1. The molecule has 0 saturated carbocycles. The molecular formula is C26H34N2O4. The van der Waals surface area contributed by atoms with Gasteiger partial charge in [-0.25, -0.2) is 0 Å². The van der Waals surface area contributed by atoms with Gasteiger partial charge in [-0.15, -0.1) is 0 Å². The van der Waals surface area contributed by atoms with Crippen molar-refractivity contribution >= 4 is 11.6 Å². The number of ether oxygens (including phenoxy) is 2. The van der Waals surface area contributed by atoms with E-state index >= 15 is 0 Å². The number of carbonyl (C=O) groups is 1. The summed E-state index contributed by atoms with van der Waals surface area (Å²) < 4.78 is 11.3. The fourth-order valence-electron chi connectivity index (χ4n) is 3.88. The Bertz CT molecular complexity index is 946. The van der Waals surface area contributed by atoms with Crippen LogP contribution in [0.2, 0.25) is 0 Å². The molecule has 2 N–H and O–H groups in total. The third-order valence-corrected chi connectivity index (χ3v) is 5.59. The van der Waals surface area contributed by atoms with Gasteiger partial charge >= 0.3 is 0 Å². The summed E-state index contributed by atoms with van der Waals surface area (Å²) in [6, 6.07) is 11.4. The van der Waals surface area contributed by atoms with Crippen LogP contribution in [0.5, 0.6) is 11.5 Å². The van der Waals surface area contributed by atoms with Gasteiger partial charge in [-0.05, 0) is 73.2 Å². The van der Waals surface area contributed by atoms with Crippen molar-refractivity contribution < 1.29 is 19.4 Å². The highest BCUT2D eigenvalue weighted by atomic mass is 16.5. The molecule has 1 unspecified atom stereocenters. The molecule has 172 valence electrons. The summed E-state index contributed by atoms with van der Waals surface area (Å²) in [4.78, 5) is 17.6. The van der Waals surface area contributed by atoms with E-state index in [1.54, 1.807) is 13.2 Å². The molecule has 1 aliphatic heterocycles. The van der Waals surface area contributed by atoms with E-state index in [1.165, 1.54) is 0 Å². The molecule has 0 radical (unpaired) electrons. The Kier molecular flexibility index (Phi) is 8.28. The van der Waals surface area contributed by atoms with Crippen molar-refractivity contribution in [3.63, 3.8) is 0 Å². The zero-order valence-electron chi connectivity index (χ0n) is 19.5. The number of hydrogen-bond donors (Lipinski definition) is 2. The van der Waals surface area contributed by atoms with E-state index in [0.29, 0.717) is 17.7 Å². The minimum Gasteiger partial charge on any atom is -0.497 e. The third-order valence-electron chi connectivity index (χ3n) is 5.59. The van der Waals surface area contributed by atoms with Crippen LogP contribution < -0.4 is 14.8 Å². The van der Waals surface area contributed by atoms with Crippen molar-refractivity contribution in [3.8, 4) is 11.5 Å². The predicted molar refractivity (Wildman–Crippen MR) is 127 cm³/mol. The maximum Gasteiger partial charge on any atom is 0.163 e. The predicted octanol–water partition coefficient (Wildman–Crippen LogP) is 4.29. The van der Waals surface area contributed by atoms with Crippen LogP contribution in [0.4, 0.5) is 0 Å². The molecule has 1 heterocycles. The average Bonchev–Trinajstić information content (AvgIpc) is 3.31. The molecule has 6 heteroatoms. The minimum atomic E-state index is -0.0638. The molecular weight excluding hydrogens is 404 g/mol. The molecule has 1 aliphatic rings. The minimum absolute atomic E-state index is 0.00464. The zero-order chi connectivity index (χ0) is 23.1. The summed E-state index contributed by atoms with van der Waals surface area (Å²) in [6.07, 6.45) is 2.00. The Balaban J connectivity index is 1.77. The first-order chi connectivity index (χ1) is 15.4. The van der Waals surface area contributed by atoms with Gasteiger partial charge in [-0.3, -0.25) is 9.79 Å². The smallest absolute Gasteiger partial charge is 0.163 e. The van der Waals surface area contributed by atoms with Gasteiger partial charge < -0.3 is 19.9 Å². The maximum absolute atomic E-state index is 13.1. The summed E-state index contributed by atoms with van der Waals surface area (Å²) in [5, 5.41) is 12.8. The van der Waals surface area contributed by atoms with Gasteiger partial charge in [0.1, 0.15) is 11.5 Å². The van der Waals surface area contributed by atoms with Crippen LogP contribution in [0.3, 0.4) is 0 Å². The van der Waals surface area contributed by atoms with E-state index in [4.69, 9.17) is 9.47 Å². The van der Waals surface area contributed by atoms with Crippen LogP contribution >= 0.6 is 0 Å². The van der Waals surface area contributed by atoms with Gasteiger partial charge in [-0.2, -0.15) is 0 Å². The van der Waals surface area contributed by atoms with Gasteiger partial charge in [0.15, 0.2) is 5.78 Å². The number of nitrogens with zero attached hydrogens (tertiary/aromatic N) is 1. The van der Waals surface area contributed by atoms with Crippen LogP contribution in [0.25, 0.3) is 0 Å². The van der Waals surface area contributed by atoms with E-state index in [2.05, 4.69) is 10.3 Å². The zero-order valence-corrected chi connectivity index (χ0v) is 19.5. The number of carbonyl (C=O) groups excluding carboxylic acids is 1. The first-order valence-electron chi connectivity index (χ1n) is 11.3. The van der Waals surface area contributed by atoms with Crippen molar-refractivity contribution in [2.45, 2.75) is 58.7 Å². The molecule has 0 fully saturated rings. The van der Waals surface area contributed by atoms with Crippen molar-refractivity contribution in [1.82, 2.24) is 5.32 Å². The second kappa shape index (κ2) is 11.1. The number of aliphatic hydroxyl groups excluding tert-OH is 1. The molecule has 0 amide bonds. The SMILES string of the molecule is COc1cc(CO)cc(C(C)CC(=O)c2ccc(OC(C)C)c(CCC3=NCCN3)c2)c1. The molecule has 0 aromatic heterocycles. The quantitative estimate of drug-likeness (QED) is 0.512. The van der Waals surface area contributed by atoms with Gasteiger partial charge in [0.05, 0.1) is 32.2 Å².